The highest BCUT2D eigenvalue weighted by atomic mass is 35.5. The zero-order valence-corrected chi connectivity index (χ0v) is 13.6. The molecule has 4 rings (SSSR count). The van der Waals surface area contributed by atoms with Crippen LogP contribution in [0.4, 0.5) is 0 Å². The number of para-hydroxylation sites is 2. The normalized spacial score (nSPS) is 11.0. The van der Waals surface area contributed by atoms with Crippen molar-refractivity contribution in [2.45, 2.75) is 0 Å². The number of benzene rings is 3. The van der Waals surface area contributed by atoms with Crippen molar-refractivity contribution in [1.29, 1.82) is 0 Å². The molecule has 0 unspecified atom stereocenters. The van der Waals surface area contributed by atoms with Gasteiger partial charge in [-0.25, -0.2) is 4.98 Å². The standard InChI is InChI=1S/C19H12Cl2N2/c20-12-9-10-13(14-5-1-2-6-16(14)21)15(11-12)19-22-17-7-3-4-8-18(17)23-19/h1-11H,(H,22,23). The van der Waals surface area contributed by atoms with Crippen LogP contribution in [0.3, 0.4) is 0 Å². The molecule has 1 heterocycles. The summed E-state index contributed by atoms with van der Waals surface area (Å²) in [7, 11) is 0. The van der Waals surface area contributed by atoms with Crippen molar-refractivity contribution in [2.75, 3.05) is 0 Å². The van der Waals surface area contributed by atoms with Crippen LogP contribution >= 0.6 is 23.2 Å². The zero-order valence-electron chi connectivity index (χ0n) is 12.1. The molecule has 4 aromatic rings. The Balaban J connectivity index is 1.97. The molecule has 1 N–H and O–H groups in total. The summed E-state index contributed by atoms with van der Waals surface area (Å²) in [5.74, 6) is 0.781. The fraction of sp³-hybridized carbons (Fsp3) is 0. The van der Waals surface area contributed by atoms with Gasteiger partial charge in [-0.15, -0.1) is 0 Å². The molecule has 0 radical (unpaired) electrons. The van der Waals surface area contributed by atoms with Crippen molar-refractivity contribution in [3.8, 4) is 22.5 Å². The summed E-state index contributed by atoms with van der Waals surface area (Å²) in [4.78, 5) is 8.04. The van der Waals surface area contributed by atoms with Crippen molar-refractivity contribution >= 4 is 34.2 Å². The second-order valence-corrected chi connectivity index (χ2v) is 6.12. The molecule has 0 spiro atoms. The van der Waals surface area contributed by atoms with Crippen LogP contribution < -0.4 is 0 Å². The predicted molar refractivity (Wildman–Crippen MR) is 97.0 cm³/mol. The van der Waals surface area contributed by atoms with E-state index in [1.54, 1.807) is 0 Å². The zero-order chi connectivity index (χ0) is 15.8. The first-order chi connectivity index (χ1) is 11.2. The van der Waals surface area contributed by atoms with Gasteiger partial charge in [0.15, 0.2) is 0 Å². The number of H-pyrrole nitrogens is 1. The van der Waals surface area contributed by atoms with E-state index in [4.69, 9.17) is 23.2 Å². The van der Waals surface area contributed by atoms with Gasteiger partial charge in [-0.1, -0.05) is 59.6 Å². The molecule has 0 aliphatic carbocycles. The fourth-order valence-electron chi connectivity index (χ4n) is 2.71. The van der Waals surface area contributed by atoms with E-state index in [9.17, 15) is 0 Å². The molecule has 0 aliphatic heterocycles. The number of nitrogens with one attached hydrogen (secondary N) is 1. The molecule has 2 nitrogen and oxygen atoms in total. The Morgan fingerprint density at radius 3 is 2.35 bits per heavy atom. The van der Waals surface area contributed by atoms with Gasteiger partial charge in [-0.3, -0.25) is 0 Å². The lowest BCUT2D eigenvalue weighted by Gasteiger charge is -2.10. The minimum atomic E-state index is 0.663. The van der Waals surface area contributed by atoms with Crippen LogP contribution in [0.1, 0.15) is 0 Å². The summed E-state index contributed by atoms with van der Waals surface area (Å²) in [6.07, 6.45) is 0. The van der Waals surface area contributed by atoms with Gasteiger partial charge in [0, 0.05) is 21.2 Å². The average Bonchev–Trinajstić information content (AvgIpc) is 2.99. The van der Waals surface area contributed by atoms with Crippen molar-refractivity contribution < 1.29 is 0 Å². The second kappa shape index (κ2) is 5.73. The van der Waals surface area contributed by atoms with Gasteiger partial charge < -0.3 is 4.98 Å². The Morgan fingerprint density at radius 2 is 1.52 bits per heavy atom. The minimum Gasteiger partial charge on any atom is -0.338 e. The van der Waals surface area contributed by atoms with E-state index in [0.717, 1.165) is 33.5 Å². The molecule has 23 heavy (non-hydrogen) atoms. The topological polar surface area (TPSA) is 28.7 Å². The Bertz CT molecular complexity index is 972. The molecule has 0 atom stereocenters. The molecule has 0 saturated heterocycles. The molecule has 1 aromatic heterocycles. The monoisotopic (exact) mass is 338 g/mol. The number of halogens is 2. The maximum absolute atomic E-state index is 6.37. The minimum absolute atomic E-state index is 0.663. The molecule has 0 bridgehead atoms. The number of rotatable bonds is 2. The maximum Gasteiger partial charge on any atom is 0.139 e. The number of aromatic nitrogens is 2. The van der Waals surface area contributed by atoms with E-state index >= 15 is 0 Å². The number of hydrogen-bond acceptors (Lipinski definition) is 1. The van der Waals surface area contributed by atoms with E-state index in [1.807, 2.05) is 66.7 Å². The highest BCUT2D eigenvalue weighted by molar-refractivity contribution is 6.34. The van der Waals surface area contributed by atoms with Crippen LogP contribution in [-0.4, -0.2) is 9.97 Å². The van der Waals surface area contributed by atoms with E-state index in [2.05, 4.69) is 9.97 Å². The van der Waals surface area contributed by atoms with Gasteiger partial charge in [0.2, 0.25) is 0 Å². The molecular weight excluding hydrogens is 327 g/mol. The molecule has 0 fully saturated rings. The first kappa shape index (κ1) is 14.3. The van der Waals surface area contributed by atoms with Gasteiger partial charge in [0.25, 0.3) is 0 Å². The number of imidazole rings is 1. The van der Waals surface area contributed by atoms with Crippen molar-refractivity contribution in [2.24, 2.45) is 0 Å². The molecular formula is C19H12Cl2N2. The average molecular weight is 339 g/mol. The van der Waals surface area contributed by atoms with Crippen molar-refractivity contribution in [3.05, 3.63) is 76.8 Å². The van der Waals surface area contributed by atoms with Gasteiger partial charge >= 0.3 is 0 Å². The Hall–Kier alpha value is -2.29. The van der Waals surface area contributed by atoms with Gasteiger partial charge in [0.05, 0.1) is 11.0 Å². The lowest BCUT2D eigenvalue weighted by atomic mass is 9.99. The van der Waals surface area contributed by atoms with E-state index < -0.39 is 0 Å². The number of nitrogens with zero attached hydrogens (tertiary/aromatic N) is 1. The lowest BCUT2D eigenvalue weighted by molar-refractivity contribution is 1.34. The van der Waals surface area contributed by atoms with Gasteiger partial charge in [-0.05, 0) is 35.9 Å². The Kier molecular flexibility index (Phi) is 3.56. The molecule has 112 valence electrons. The maximum atomic E-state index is 6.37. The van der Waals surface area contributed by atoms with Crippen LogP contribution in [0, 0.1) is 0 Å². The van der Waals surface area contributed by atoms with Crippen LogP contribution in [-0.2, 0) is 0 Å². The second-order valence-electron chi connectivity index (χ2n) is 5.27. The van der Waals surface area contributed by atoms with Crippen LogP contribution in [0.5, 0.6) is 0 Å². The smallest absolute Gasteiger partial charge is 0.139 e. The highest BCUT2D eigenvalue weighted by Gasteiger charge is 2.14. The molecule has 0 saturated carbocycles. The number of aromatic amines is 1. The number of hydrogen-bond donors (Lipinski definition) is 1. The van der Waals surface area contributed by atoms with Gasteiger partial charge in [-0.2, -0.15) is 0 Å². The molecule has 3 aromatic carbocycles. The largest absolute Gasteiger partial charge is 0.338 e. The van der Waals surface area contributed by atoms with E-state index in [1.165, 1.54) is 0 Å². The quantitative estimate of drug-likeness (QED) is 0.462. The van der Waals surface area contributed by atoms with Crippen molar-refractivity contribution in [3.63, 3.8) is 0 Å². The summed E-state index contributed by atoms with van der Waals surface area (Å²) in [5, 5.41) is 1.36. The van der Waals surface area contributed by atoms with Gasteiger partial charge in [0.1, 0.15) is 5.82 Å². The SMILES string of the molecule is Clc1ccc(-c2ccccc2Cl)c(-c2nc3ccccc3[nH]2)c1. The summed E-state index contributed by atoms with van der Waals surface area (Å²) < 4.78 is 0. The van der Waals surface area contributed by atoms with E-state index in [0.29, 0.717) is 10.0 Å². The van der Waals surface area contributed by atoms with Crippen LogP contribution in [0.15, 0.2) is 66.7 Å². The Morgan fingerprint density at radius 1 is 0.739 bits per heavy atom. The number of fused-ring (bicyclic) bond motifs is 1. The summed E-state index contributed by atoms with van der Waals surface area (Å²) in [6.45, 7) is 0. The molecule has 0 amide bonds. The predicted octanol–water partition coefficient (Wildman–Crippen LogP) is 6.20. The third-order valence-electron chi connectivity index (χ3n) is 3.79. The fourth-order valence-corrected chi connectivity index (χ4v) is 3.12. The first-order valence-electron chi connectivity index (χ1n) is 7.22. The lowest BCUT2D eigenvalue weighted by Crippen LogP contribution is -1.88. The first-order valence-corrected chi connectivity index (χ1v) is 7.97. The third kappa shape index (κ3) is 2.61. The highest BCUT2D eigenvalue weighted by Crippen LogP contribution is 2.36. The molecule has 4 heteroatoms. The summed E-state index contributed by atoms with van der Waals surface area (Å²) >= 11 is 12.6. The summed E-state index contributed by atoms with van der Waals surface area (Å²) in [6, 6.07) is 21.5. The van der Waals surface area contributed by atoms with Crippen molar-refractivity contribution in [1.82, 2.24) is 9.97 Å². The molecule has 0 aliphatic rings. The van der Waals surface area contributed by atoms with E-state index in [-0.39, 0.29) is 0 Å². The summed E-state index contributed by atoms with van der Waals surface area (Å²) in [5.41, 5.74) is 4.81. The Labute approximate surface area is 143 Å². The third-order valence-corrected chi connectivity index (χ3v) is 4.35. The van der Waals surface area contributed by atoms with Crippen LogP contribution in [0.25, 0.3) is 33.5 Å². The van der Waals surface area contributed by atoms with Crippen LogP contribution in [0.2, 0.25) is 10.0 Å².